The van der Waals surface area contributed by atoms with Gasteiger partial charge in [-0.1, -0.05) is 0 Å². The number of Topliss-reactive ketones (excluding diaryl/α,β-unsaturated/α-hetero) is 1. The number of hydrogen-bond donors (Lipinski definition) is 0. The highest BCUT2D eigenvalue weighted by Gasteiger charge is 2.02. The molecule has 0 spiro atoms. The lowest BCUT2D eigenvalue weighted by Gasteiger charge is -2.01. The normalized spacial score (nSPS) is 10.3. The first kappa shape index (κ1) is 9.58. The van der Waals surface area contributed by atoms with Gasteiger partial charge >= 0.3 is 0 Å². The number of benzene rings is 1. The number of hydrogen-bond acceptors (Lipinski definition) is 2. The first-order valence-corrected chi connectivity index (χ1v) is 4.48. The highest BCUT2D eigenvalue weighted by atomic mass is 19.1. The molecule has 2 aromatic rings. The van der Waals surface area contributed by atoms with Crippen LogP contribution in [-0.4, -0.2) is 15.6 Å². The van der Waals surface area contributed by atoms with Gasteiger partial charge in [0.25, 0.3) is 0 Å². The lowest BCUT2D eigenvalue weighted by atomic mass is 10.1. The third-order valence-electron chi connectivity index (χ3n) is 2.09. The maximum atomic E-state index is 12.7. The lowest BCUT2D eigenvalue weighted by Crippen LogP contribution is -1.96. The summed E-state index contributed by atoms with van der Waals surface area (Å²) in [6.07, 6.45) is 2.42. The molecule has 1 aromatic heterocycles. The van der Waals surface area contributed by atoms with Crippen molar-refractivity contribution in [2.75, 3.05) is 0 Å². The van der Waals surface area contributed by atoms with Gasteiger partial charge in [-0.2, -0.15) is 5.10 Å². The van der Waals surface area contributed by atoms with Crippen LogP contribution < -0.4 is 0 Å². The van der Waals surface area contributed by atoms with Gasteiger partial charge < -0.3 is 0 Å². The third-order valence-corrected chi connectivity index (χ3v) is 2.09. The largest absolute Gasteiger partial charge is 0.295 e. The van der Waals surface area contributed by atoms with E-state index in [1.54, 1.807) is 24.3 Å². The van der Waals surface area contributed by atoms with Crippen LogP contribution >= 0.6 is 0 Å². The van der Waals surface area contributed by atoms with E-state index in [9.17, 15) is 9.18 Å². The Labute approximate surface area is 86.2 Å². The van der Waals surface area contributed by atoms with E-state index in [4.69, 9.17) is 0 Å². The number of halogens is 1. The maximum Gasteiger partial charge on any atom is 0.161 e. The molecule has 0 N–H and O–H groups in total. The molecule has 0 aliphatic heterocycles. The van der Waals surface area contributed by atoms with E-state index >= 15 is 0 Å². The van der Waals surface area contributed by atoms with Gasteiger partial charge in [0.15, 0.2) is 11.6 Å². The van der Waals surface area contributed by atoms with E-state index in [0.29, 0.717) is 5.56 Å². The molecule has 0 amide bonds. The van der Waals surface area contributed by atoms with E-state index in [1.807, 2.05) is 0 Å². The van der Waals surface area contributed by atoms with Gasteiger partial charge in [-0.05, 0) is 31.2 Å². The fraction of sp³-hybridized carbons (Fsp3) is 0.0909. The van der Waals surface area contributed by atoms with Crippen LogP contribution in [0.2, 0.25) is 0 Å². The van der Waals surface area contributed by atoms with E-state index in [2.05, 4.69) is 5.10 Å². The van der Waals surface area contributed by atoms with Gasteiger partial charge in [-0.3, -0.25) is 4.79 Å². The van der Waals surface area contributed by atoms with Crippen molar-refractivity contribution in [2.45, 2.75) is 6.92 Å². The molecule has 0 unspecified atom stereocenters. The summed E-state index contributed by atoms with van der Waals surface area (Å²) >= 11 is 0. The highest BCUT2D eigenvalue weighted by Crippen LogP contribution is 2.09. The minimum atomic E-state index is -0.384. The van der Waals surface area contributed by atoms with E-state index in [0.717, 1.165) is 11.9 Å². The van der Waals surface area contributed by atoms with Crippen molar-refractivity contribution in [2.24, 2.45) is 0 Å². The summed E-state index contributed by atoms with van der Waals surface area (Å²) in [5.41, 5.74) is 1.36. The summed E-state index contributed by atoms with van der Waals surface area (Å²) in [6.45, 7) is 1.50. The molecular formula is C11H9FN2O. The molecule has 0 aliphatic rings. The molecule has 0 radical (unpaired) electrons. The van der Waals surface area contributed by atoms with Crippen molar-refractivity contribution in [1.82, 2.24) is 9.78 Å². The Balaban J connectivity index is 2.35. The van der Waals surface area contributed by atoms with Crippen molar-refractivity contribution in [1.29, 1.82) is 0 Å². The number of rotatable bonds is 2. The monoisotopic (exact) mass is 204 g/mol. The van der Waals surface area contributed by atoms with Crippen molar-refractivity contribution in [3.05, 3.63) is 48.0 Å². The summed E-state index contributed by atoms with van der Waals surface area (Å²) in [4.78, 5) is 11.0. The summed E-state index contributed by atoms with van der Waals surface area (Å²) < 4.78 is 14.1. The SMILES string of the molecule is CC(=O)c1ccc(-n2cc(F)cn2)cc1. The zero-order chi connectivity index (χ0) is 10.8. The lowest BCUT2D eigenvalue weighted by molar-refractivity contribution is 0.101. The zero-order valence-corrected chi connectivity index (χ0v) is 8.14. The second-order valence-electron chi connectivity index (χ2n) is 3.21. The zero-order valence-electron chi connectivity index (χ0n) is 8.14. The quantitative estimate of drug-likeness (QED) is 0.703. The minimum Gasteiger partial charge on any atom is -0.295 e. The molecule has 1 heterocycles. The molecule has 0 atom stereocenters. The summed E-state index contributed by atoms with van der Waals surface area (Å²) in [6, 6.07) is 6.83. The molecule has 2 rings (SSSR count). The Morgan fingerprint density at radius 1 is 1.33 bits per heavy atom. The highest BCUT2D eigenvalue weighted by molar-refractivity contribution is 5.94. The van der Waals surface area contributed by atoms with Crippen molar-refractivity contribution >= 4 is 5.78 Å². The molecule has 0 saturated carbocycles. The summed E-state index contributed by atoms with van der Waals surface area (Å²) in [5.74, 6) is -0.376. The number of carbonyl (C=O) groups is 1. The molecule has 4 heteroatoms. The van der Waals surface area contributed by atoms with Gasteiger partial charge in [0, 0.05) is 5.56 Å². The molecule has 3 nitrogen and oxygen atoms in total. The molecular weight excluding hydrogens is 195 g/mol. The number of ketones is 1. The second-order valence-corrected chi connectivity index (χ2v) is 3.21. The second kappa shape index (κ2) is 3.65. The molecule has 76 valence electrons. The van der Waals surface area contributed by atoms with Gasteiger partial charge in [0.05, 0.1) is 18.1 Å². The summed E-state index contributed by atoms with van der Waals surface area (Å²) in [7, 11) is 0. The molecule has 1 aromatic carbocycles. The first-order chi connectivity index (χ1) is 7.16. The number of nitrogens with zero attached hydrogens (tertiary/aromatic N) is 2. The first-order valence-electron chi connectivity index (χ1n) is 4.48. The number of carbonyl (C=O) groups excluding carboxylic acids is 1. The Kier molecular flexibility index (Phi) is 2.33. The fourth-order valence-electron chi connectivity index (χ4n) is 1.29. The molecule has 0 aliphatic carbocycles. The van der Waals surface area contributed by atoms with Crippen LogP contribution in [0.1, 0.15) is 17.3 Å². The van der Waals surface area contributed by atoms with E-state index < -0.39 is 0 Å². The topological polar surface area (TPSA) is 34.9 Å². The minimum absolute atomic E-state index is 0.00759. The Morgan fingerprint density at radius 3 is 2.47 bits per heavy atom. The maximum absolute atomic E-state index is 12.7. The number of aromatic nitrogens is 2. The predicted octanol–water partition coefficient (Wildman–Crippen LogP) is 2.21. The van der Waals surface area contributed by atoms with E-state index in [1.165, 1.54) is 17.8 Å². The Morgan fingerprint density at radius 2 is 2.00 bits per heavy atom. The van der Waals surface area contributed by atoms with Gasteiger partial charge in [-0.15, -0.1) is 0 Å². The van der Waals surface area contributed by atoms with Crippen LogP contribution in [0.15, 0.2) is 36.7 Å². The smallest absolute Gasteiger partial charge is 0.161 e. The van der Waals surface area contributed by atoms with E-state index in [-0.39, 0.29) is 11.6 Å². The average Bonchev–Trinajstić information content (AvgIpc) is 2.65. The van der Waals surface area contributed by atoms with Crippen LogP contribution in [0.3, 0.4) is 0 Å². The average molecular weight is 204 g/mol. The summed E-state index contributed by atoms with van der Waals surface area (Å²) in [5, 5.41) is 3.82. The molecule has 0 bridgehead atoms. The Hall–Kier alpha value is -1.97. The van der Waals surface area contributed by atoms with Crippen LogP contribution in [-0.2, 0) is 0 Å². The van der Waals surface area contributed by atoms with Crippen molar-refractivity contribution in [3.8, 4) is 5.69 Å². The standard InChI is InChI=1S/C11H9FN2O/c1-8(15)9-2-4-11(5-3-9)14-7-10(12)6-13-14/h2-7H,1H3. The Bertz CT molecular complexity index is 488. The van der Waals surface area contributed by atoms with Crippen LogP contribution in [0.4, 0.5) is 4.39 Å². The molecule has 0 saturated heterocycles. The molecule has 15 heavy (non-hydrogen) atoms. The van der Waals surface area contributed by atoms with Gasteiger partial charge in [-0.25, -0.2) is 9.07 Å². The van der Waals surface area contributed by atoms with Gasteiger partial charge in [0.1, 0.15) is 0 Å². The van der Waals surface area contributed by atoms with Crippen molar-refractivity contribution < 1.29 is 9.18 Å². The fourth-order valence-corrected chi connectivity index (χ4v) is 1.29. The van der Waals surface area contributed by atoms with Crippen LogP contribution in [0, 0.1) is 5.82 Å². The predicted molar refractivity (Wildman–Crippen MR) is 53.5 cm³/mol. The van der Waals surface area contributed by atoms with Crippen LogP contribution in [0.25, 0.3) is 5.69 Å². The third kappa shape index (κ3) is 1.93. The van der Waals surface area contributed by atoms with Crippen molar-refractivity contribution in [3.63, 3.8) is 0 Å². The van der Waals surface area contributed by atoms with Crippen LogP contribution in [0.5, 0.6) is 0 Å². The van der Waals surface area contributed by atoms with Gasteiger partial charge in [0.2, 0.25) is 0 Å². The molecule has 0 fully saturated rings.